The van der Waals surface area contributed by atoms with Gasteiger partial charge in [-0.3, -0.25) is 4.79 Å². The van der Waals surface area contributed by atoms with Crippen molar-refractivity contribution in [3.05, 3.63) is 0 Å². The normalized spacial score (nSPS) is 25.0. The molecule has 0 bridgehead atoms. The summed E-state index contributed by atoms with van der Waals surface area (Å²) in [6.45, 7) is 8.15. The highest BCUT2D eigenvalue weighted by Crippen LogP contribution is 2.32. The van der Waals surface area contributed by atoms with Gasteiger partial charge in [0.15, 0.2) is 0 Å². The fraction of sp³-hybridized carbons (Fsp3) is 0.938. The van der Waals surface area contributed by atoms with Gasteiger partial charge in [0.05, 0.1) is 11.5 Å². The molecule has 1 rings (SSSR count). The summed E-state index contributed by atoms with van der Waals surface area (Å²) in [5.41, 5.74) is -0.268. The number of unbranched alkanes of at least 4 members (excludes halogenated alkanes) is 3. The van der Waals surface area contributed by atoms with Crippen LogP contribution >= 0.6 is 0 Å². The van der Waals surface area contributed by atoms with Crippen molar-refractivity contribution in [2.24, 2.45) is 5.41 Å². The lowest BCUT2D eigenvalue weighted by molar-refractivity contribution is -0.162. The zero-order chi connectivity index (χ0) is 14.1. The molecule has 2 atom stereocenters. The highest BCUT2D eigenvalue weighted by molar-refractivity contribution is 5.77. The quantitative estimate of drug-likeness (QED) is 0.540. The number of rotatable bonds is 8. The number of ether oxygens (including phenoxy) is 1. The monoisotopic (exact) mass is 269 g/mol. The van der Waals surface area contributed by atoms with Gasteiger partial charge in [-0.1, -0.05) is 33.1 Å². The average molecular weight is 269 g/mol. The Balaban J connectivity index is 2.35. The molecule has 1 aliphatic heterocycles. The molecule has 1 heterocycles. The zero-order valence-electron chi connectivity index (χ0n) is 13.0. The first-order chi connectivity index (χ1) is 9.14. The van der Waals surface area contributed by atoms with E-state index in [4.69, 9.17) is 4.74 Å². The molecule has 0 radical (unpaired) electrons. The SMILES string of the molecule is CCCCCCC(C)OC(=O)C1(CC)CCCNC1. The van der Waals surface area contributed by atoms with Crippen LogP contribution in [0.15, 0.2) is 0 Å². The van der Waals surface area contributed by atoms with Crippen molar-refractivity contribution in [3.8, 4) is 0 Å². The predicted octanol–water partition coefficient (Wildman–Crippen LogP) is 3.67. The fourth-order valence-electron chi connectivity index (χ4n) is 2.81. The maximum Gasteiger partial charge on any atom is 0.313 e. The number of hydrogen-bond acceptors (Lipinski definition) is 3. The van der Waals surface area contributed by atoms with Crippen molar-refractivity contribution in [1.29, 1.82) is 0 Å². The summed E-state index contributed by atoms with van der Waals surface area (Å²) in [6, 6.07) is 0. The number of nitrogens with one attached hydrogen (secondary N) is 1. The van der Waals surface area contributed by atoms with Crippen LogP contribution in [0.4, 0.5) is 0 Å². The second-order valence-corrected chi connectivity index (χ2v) is 5.98. The van der Waals surface area contributed by atoms with E-state index in [-0.39, 0.29) is 17.5 Å². The van der Waals surface area contributed by atoms with E-state index in [1.165, 1.54) is 25.7 Å². The number of esters is 1. The van der Waals surface area contributed by atoms with Gasteiger partial charge < -0.3 is 10.1 Å². The number of carbonyl (C=O) groups excluding carboxylic acids is 1. The van der Waals surface area contributed by atoms with Crippen molar-refractivity contribution < 1.29 is 9.53 Å². The Bertz CT molecular complexity index is 259. The Kier molecular flexibility index (Phi) is 7.44. The molecule has 3 heteroatoms. The molecule has 0 aliphatic carbocycles. The number of hydrogen-bond donors (Lipinski definition) is 1. The molecular formula is C16H31NO2. The highest BCUT2D eigenvalue weighted by atomic mass is 16.5. The van der Waals surface area contributed by atoms with E-state index in [2.05, 4.69) is 19.2 Å². The molecule has 1 saturated heterocycles. The van der Waals surface area contributed by atoms with Crippen LogP contribution in [-0.2, 0) is 9.53 Å². The smallest absolute Gasteiger partial charge is 0.313 e. The topological polar surface area (TPSA) is 38.3 Å². The Hall–Kier alpha value is -0.570. The minimum atomic E-state index is -0.268. The molecule has 112 valence electrons. The van der Waals surface area contributed by atoms with E-state index in [1.54, 1.807) is 0 Å². The number of carbonyl (C=O) groups is 1. The largest absolute Gasteiger partial charge is 0.462 e. The molecule has 2 unspecified atom stereocenters. The van der Waals surface area contributed by atoms with E-state index in [9.17, 15) is 4.79 Å². The Morgan fingerprint density at radius 1 is 1.32 bits per heavy atom. The zero-order valence-corrected chi connectivity index (χ0v) is 13.0. The van der Waals surface area contributed by atoms with E-state index < -0.39 is 0 Å². The van der Waals surface area contributed by atoms with Gasteiger partial charge in [0, 0.05) is 6.54 Å². The van der Waals surface area contributed by atoms with Crippen LogP contribution in [0.25, 0.3) is 0 Å². The highest BCUT2D eigenvalue weighted by Gasteiger charge is 2.39. The van der Waals surface area contributed by atoms with Gasteiger partial charge >= 0.3 is 5.97 Å². The van der Waals surface area contributed by atoms with E-state index in [0.29, 0.717) is 0 Å². The minimum absolute atomic E-state index is 0.0187. The summed E-state index contributed by atoms with van der Waals surface area (Å²) in [4.78, 5) is 12.4. The summed E-state index contributed by atoms with van der Waals surface area (Å²) >= 11 is 0. The van der Waals surface area contributed by atoms with Gasteiger partial charge in [-0.2, -0.15) is 0 Å². The lowest BCUT2D eigenvalue weighted by Gasteiger charge is -2.35. The standard InChI is InChI=1S/C16H31NO2/c1-4-6-7-8-10-14(3)19-15(18)16(5-2)11-9-12-17-13-16/h14,17H,4-13H2,1-3H3. The van der Waals surface area contributed by atoms with Gasteiger partial charge in [0.2, 0.25) is 0 Å². The van der Waals surface area contributed by atoms with Gasteiger partial charge in [-0.25, -0.2) is 0 Å². The van der Waals surface area contributed by atoms with Crippen molar-refractivity contribution in [2.45, 2.75) is 78.2 Å². The van der Waals surface area contributed by atoms with Crippen molar-refractivity contribution >= 4 is 5.97 Å². The number of piperidine rings is 1. The minimum Gasteiger partial charge on any atom is -0.462 e. The molecule has 1 fully saturated rings. The van der Waals surface area contributed by atoms with Crippen LogP contribution in [0.1, 0.15) is 72.1 Å². The molecule has 0 aromatic rings. The van der Waals surface area contributed by atoms with Crippen molar-refractivity contribution in [1.82, 2.24) is 5.32 Å². The molecule has 0 aromatic carbocycles. The Morgan fingerprint density at radius 3 is 2.68 bits per heavy atom. The summed E-state index contributed by atoms with van der Waals surface area (Å²) in [5.74, 6) is 0.0187. The lowest BCUT2D eigenvalue weighted by Crippen LogP contribution is -2.46. The van der Waals surface area contributed by atoms with Gasteiger partial charge in [-0.15, -0.1) is 0 Å². The molecule has 19 heavy (non-hydrogen) atoms. The lowest BCUT2D eigenvalue weighted by atomic mass is 9.78. The maximum absolute atomic E-state index is 12.4. The van der Waals surface area contributed by atoms with Crippen LogP contribution in [0, 0.1) is 5.41 Å². The third kappa shape index (κ3) is 5.13. The Labute approximate surface area is 118 Å². The Morgan fingerprint density at radius 2 is 2.11 bits per heavy atom. The molecule has 1 N–H and O–H groups in total. The van der Waals surface area contributed by atoms with Crippen LogP contribution in [0.2, 0.25) is 0 Å². The third-order valence-electron chi connectivity index (χ3n) is 4.35. The first kappa shape index (κ1) is 16.5. The van der Waals surface area contributed by atoms with Crippen molar-refractivity contribution in [3.63, 3.8) is 0 Å². The molecule has 0 spiro atoms. The molecule has 0 aromatic heterocycles. The summed E-state index contributed by atoms with van der Waals surface area (Å²) in [7, 11) is 0. The second kappa shape index (κ2) is 8.57. The van der Waals surface area contributed by atoms with Crippen LogP contribution < -0.4 is 5.32 Å². The fourth-order valence-corrected chi connectivity index (χ4v) is 2.81. The molecule has 3 nitrogen and oxygen atoms in total. The summed E-state index contributed by atoms with van der Waals surface area (Å²) in [5, 5.41) is 3.34. The second-order valence-electron chi connectivity index (χ2n) is 5.98. The summed E-state index contributed by atoms with van der Waals surface area (Å²) in [6.07, 6.45) is 8.93. The molecule has 0 saturated carbocycles. The van der Waals surface area contributed by atoms with Crippen molar-refractivity contribution in [2.75, 3.05) is 13.1 Å². The maximum atomic E-state index is 12.4. The first-order valence-corrected chi connectivity index (χ1v) is 8.06. The average Bonchev–Trinajstić information content (AvgIpc) is 2.44. The third-order valence-corrected chi connectivity index (χ3v) is 4.35. The van der Waals surface area contributed by atoms with E-state index in [0.717, 1.165) is 38.8 Å². The van der Waals surface area contributed by atoms with Crippen LogP contribution in [-0.4, -0.2) is 25.2 Å². The van der Waals surface area contributed by atoms with E-state index >= 15 is 0 Å². The predicted molar refractivity (Wildman–Crippen MR) is 79.1 cm³/mol. The van der Waals surface area contributed by atoms with Crippen LogP contribution in [0.5, 0.6) is 0 Å². The molecule has 1 aliphatic rings. The van der Waals surface area contributed by atoms with Gasteiger partial charge in [0.25, 0.3) is 0 Å². The van der Waals surface area contributed by atoms with Gasteiger partial charge in [0.1, 0.15) is 0 Å². The summed E-state index contributed by atoms with van der Waals surface area (Å²) < 4.78 is 5.69. The van der Waals surface area contributed by atoms with Crippen LogP contribution in [0.3, 0.4) is 0 Å². The van der Waals surface area contributed by atoms with Gasteiger partial charge in [-0.05, 0) is 45.6 Å². The van der Waals surface area contributed by atoms with E-state index in [1.807, 2.05) is 6.92 Å². The molecular weight excluding hydrogens is 238 g/mol. The molecule has 0 amide bonds. The first-order valence-electron chi connectivity index (χ1n) is 8.06.